The van der Waals surface area contributed by atoms with E-state index in [2.05, 4.69) is 16.0 Å². The van der Waals surface area contributed by atoms with E-state index in [4.69, 9.17) is 4.74 Å². The lowest BCUT2D eigenvalue weighted by Gasteiger charge is -2.16. The highest BCUT2D eigenvalue weighted by Gasteiger charge is 2.29. The van der Waals surface area contributed by atoms with Crippen LogP contribution in [0.2, 0.25) is 0 Å². The number of carboxylic acids is 1. The Bertz CT molecular complexity index is 1430. The van der Waals surface area contributed by atoms with Crippen molar-refractivity contribution < 1.29 is 19.0 Å². The van der Waals surface area contributed by atoms with Crippen LogP contribution in [-0.4, -0.2) is 27.7 Å². The SMILES string of the molecule is CCOc1cc2c(c(-c3c(C(=O)O)[nH]c(-c4cc(F)cc5[nH]ccc45)c3C(C)C)c1)C=CC2. The maximum Gasteiger partial charge on any atom is 0.352 e. The van der Waals surface area contributed by atoms with Crippen LogP contribution < -0.4 is 4.74 Å². The van der Waals surface area contributed by atoms with Gasteiger partial charge in [0.25, 0.3) is 0 Å². The summed E-state index contributed by atoms with van der Waals surface area (Å²) in [6, 6.07) is 8.72. The van der Waals surface area contributed by atoms with Crippen LogP contribution in [0.5, 0.6) is 5.75 Å². The Morgan fingerprint density at radius 3 is 2.76 bits per heavy atom. The van der Waals surface area contributed by atoms with E-state index >= 15 is 0 Å². The van der Waals surface area contributed by atoms with Gasteiger partial charge in [0.2, 0.25) is 0 Å². The number of aromatic amines is 2. The Morgan fingerprint density at radius 2 is 2.03 bits per heavy atom. The van der Waals surface area contributed by atoms with Crippen LogP contribution in [0.15, 0.2) is 42.6 Å². The molecule has 0 saturated heterocycles. The van der Waals surface area contributed by atoms with Gasteiger partial charge in [-0.05, 0) is 71.8 Å². The van der Waals surface area contributed by atoms with Crippen molar-refractivity contribution in [1.82, 2.24) is 9.97 Å². The standard InChI is InChI=1S/C27H25FN2O3/c1-4-33-17-10-15-6-5-7-18(15)20(13-17)24-23(14(2)3)25(30-26(24)27(31)32)21-11-16(28)12-22-19(21)8-9-29-22/h5,7-14,29-30H,4,6H2,1-3H3,(H,31,32). The number of rotatable bonds is 6. The summed E-state index contributed by atoms with van der Waals surface area (Å²) in [5, 5.41) is 11.0. The number of aromatic nitrogens is 2. The molecule has 168 valence electrons. The van der Waals surface area contributed by atoms with Gasteiger partial charge in [-0.3, -0.25) is 0 Å². The van der Waals surface area contributed by atoms with E-state index in [1.54, 1.807) is 6.20 Å². The number of aromatic carboxylic acids is 1. The highest BCUT2D eigenvalue weighted by Crippen LogP contribution is 2.45. The molecule has 5 nitrogen and oxygen atoms in total. The maximum absolute atomic E-state index is 14.5. The normalized spacial score (nSPS) is 12.6. The summed E-state index contributed by atoms with van der Waals surface area (Å²) >= 11 is 0. The monoisotopic (exact) mass is 444 g/mol. The second-order valence-corrected chi connectivity index (χ2v) is 8.60. The van der Waals surface area contributed by atoms with Gasteiger partial charge in [-0.25, -0.2) is 9.18 Å². The Kier molecular flexibility index (Phi) is 5.08. The number of H-pyrrole nitrogens is 2. The van der Waals surface area contributed by atoms with Crippen LogP contribution in [0.4, 0.5) is 4.39 Å². The summed E-state index contributed by atoms with van der Waals surface area (Å²) in [5.74, 6) is -0.752. The summed E-state index contributed by atoms with van der Waals surface area (Å²) in [6.45, 7) is 6.49. The van der Waals surface area contributed by atoms with Crippen LogP contribution in [0.1, 0.15) is 53.9 Å². The first-order chi connectivity index (χ1) is 15.9. The molecule has 0 spiro atoms. The zero-order valence-electron chi connectivity index (χ0n) is 18.8. The first-order valence-electron chi connectivity index (χ1n) is 11.1. The van der Waals surface area contributed by atoms with E-state index in [0.717, 1.165) is 34.1 Å². The number of benzene rings is 2. The number of ether oxygens (including phenoxy) is 1. The molecule has 0 unspecified atom stereocenters. The molecular weight excluding hydrogens is 419 g/mol. The average molecular weight is 445 g/mol. The second kappa shape index (κ2) is 7.96. The molecule has 6 heteroatoms. The minimum atomic E-state index is -1.06. The van der Waals surface area contributed by atoms with Gasteiger partial charge >= 0.3 is 5.97 Å². The first-order valence-corrected chi connectivity index (χ1v) is 11.1. The molecule has 0 atom stereocenters. The van der Waals surface area contributed by atoms with Gasteiger partial charge in [-0.2, -0.15) is 0 Å². The quantitative estimate of drug-likeness (QED) is 0.307. The Hall–Kier alpha value is -3.80. The van der Waals surface area contributed by atoms with Gasteiger partial charge in [0, 0.05) is 28.2 Å². The van der Waals surface area contributed by atoms with Crippen molar-refractivity contribution in [3.05, 3.63) is 70.8 Å². The van der Waals surface area contributed by atoms with Crippen molar-refractivity contribution in [1.29, 1.82) is 0 Å². The third-order valence-electron chi connectivity index (χ3n) is 6.17. The lowest BCUT2D eigenvalue weighted by atomic mass is 9.87. The predicted octanol–water partition coefficient (Wildman–Crippen LogP) is 6.76. The van der Waals surface area contributed by atoms with E-state index in [0.29, 0.717) is 34.7 Å². The van der Waals surface area contributed by atoms with E-state index in [-0.39, 0.29) is 17.4 Å². The third-order valence-corrected chi connectivity index (χ3v) is 6.17. The van der Waals surface area contributed by atoms with E-state index in [1.165, 1.54) is 12.1 Å². The Morgan fingerprint density at radius 1 is 1.21 bits per heavy atom. The molecule has 1 aliphatic carbocycles. The topological polar surface area (TPSA) is 78.1 Å². The smallest absolute Gasteiger partial charge is 0.352 e. The highest BCUT2D eigenvalue weighted by atomic mass is 19.1. The van der Waals surface area contributed by atoms with E-state index in [1.807, 2.05) is 45.0 Å². The van der Waals surface area contributed by atoms with E-state index in [9.17, 15) is 14.3 Å². The molecule has 33 heavy (non-hydrogen) atoms. The molecule has 0 aliphatic heterocycles. The van der Waals surface area contributed by atoms with Crippen LogP contribution in [0.25, 0.3) is 39.4 Å². The second-order valence-electron chi connectivity index (χ2n) is 8.60. The van der Waals surface area contributed by atoms with Gasteiger partial charge < -0.3 is 19.8 Å². The van der Waals surface area contributed by atoms with Gasteiger partial charge in [0.05, 0.1) is 12.3 Å². The molecule has 0 fully saturated rings. The van der Waals surface area contributed by atoms with Gasteiger partial charge in [0.1, 0.15) is 17.3 Å². The summed E-state index contributed by atoms with van der Waals surface area (Å²) in [6.07, 6.45) is 6.64. The molecular formula is C27H25FN2O3. The first kappa shape index (κ1) is 21.1. The lowest BCUT2D eigenvalue weighted by Crippen LogP contribution is -2.02. The third kappa shape index (κ3) is 3.42. The summed E-state index contributed by atoms with van der Waals surface area (Å²) in [4.78, 5) is 18.7. The maximum atomic E-state index is 14.5. The summed E-state index contributed by atoms with van der Waals surface area (Å²) in [7, 11) is 0. The van der Waals surface area contributed by atoms with Crippen molar-refractivity contribution in [3.63, 3.8) is 0 Å². The Labute approximate surface area is 190 Å². The van der Waals surface area contributed by atoms with Crippen LogP contribution in [0, 0.1) is 5.82 Å². The number of hydrogen-bond acceptors (Lipinski definition) is 2. The fraction of sp³-hybridized carbons (Fsp3) is 0.222. The molecule has 0 radical (unpaired) electrons. The van der Waals surface area contributed by atoms with Crippen molar-refractivity contribution in [2.75, 3.05) is 6.61 Å². The number of halogens is 1. The van der Waals surface area contributed by atoms with Crippen molar-refractivity contribution in [3.8, 4) is 28.1 Å². The molecule has 2 aromatic heterocycles. The minimum absolute atomic E-state index is 0.0200. The zero-order chi connectivity index (χ0) is 23.3. The number of fused-ring (bicyclic) bond motifs is 2. The van der Waals surface area contributed by atoms with Gasteiger partial charge in [-0.15, -0.1) is 0 Å². The number of nitrogens with one attached hydrogen (secondary N) is 2. The summed E-state index contributed by atoms with van der Waals surface area (Å²) in [5.41, 5.74) is 6.41. The van der Waals surface area contributed by atoms with Crippen LogP contribution >= 0.6 is 0 Å². The molecule has 3 N–H and O–H groups in total. The molecule has 4 aromatic rings. The fourth-order valence-electron chi connectivity index (χ4n) is 4.89. The van der Waals surface area contributed by atoms with Gasteiger partial charge in [-0.1, -0.05) is 26.0 Å². The molecule has 2 aromatic carbocycles. The average Bonchev–Trinajstić information content (AvgIpc) is 3.50. The zero-order valence-corrected chi connectivity index (χ0v) is 18.8. The largest absolute Gasteiger partial charge is 0.494 e. The molecule has 1 aliphatic rings. The molecule has 2 heterocycles. The lowest BCUT2D eigenvalue weighted by molar-refractivity contribution is 0.0692. The van der Waals surface area contributed by atoms with Crippen LogP contribution in [-0.2, 0) is 6.42 Å². The number of hydrogen-bond donors (Lipinski definition) is 3. The molecule has 0 amide bonds. The van der Waals surface area contributed by atoms with Crippen molar-refractivity contribution in [2.24, 2.45) is 0 Å². The minimum Gasteiger partial charge on any atom is -0.494 e. The van der Waals surface area contributed by atoms with Crippen molar-refractivity contribution >= 4 is 22.9 Å². The highest BCUT2D eigenvalue weighted by molar-refractivity contribution is 6.03. The van der Waals surface area contributed by atoms with E-state index < -0.39 is 5.97 Å². The van der Waals surface area contributed by atoms with Gasteiger partial charge in [0.15, 0.2) is 0 Å². The molecule has 0 bridgehead atoms. The predicted molar refractivity (Wildman–Crippen MR) is 128 cm³/mol. The Balaban J connectivity index is 1.87. The molecule has 0 saturated carbocycles. The fourth-order valence-corrected chi connectivity index (χ4v) is 4.89. The van der Waals surface area contributed by atoms with Crippen LogP contribution in [0.3, 0.4) is 0 Å². The summed E-state index contributed by atoms with van der Waals surface area (Å²) < 4.78 is 20.3. The van der Waals surface area contributed by atoms with Crippen molar-refractivity contribution in [2.45, 2.75) is 33.1 Å². The molecule has 5 rings (SSSR count). The number of allylic oxidation sites excluding steroid dienone is 1. The number of carboxylic acid groups (broad SMARTS) is 1. The number of carbonyl (C=O) groups is 1.